The van der Waals surface area contributed by atoms with Crippen LogP contribution in [0.15, 0.2) is 24.3 Å². The first-order valence-electron chi connectivity index (χ1n) is 6.68. The first-order valence-corrected chi connectivity index (χ1v) is 6.68. The van der Waals surface area contributed by atoms with E-state index in [4.69, 9.17) is 5.73 Å². The summed E-state index contributed by atoms with van der Waals surface area (Å²) in [6.07, 6.45) is -13.8. The molecule has 3 N–H and O–H groups in total. The molecule has 0 saturated carbocycles. The van der Waals surface area contributed by atoms with Crippen molar-refractivity contribution >= 4 is 11.8 Å². The number of nitrogens with zero attached hydrogens (tertiary/aromatic N) is 1. The number of carbonyl (C=O) groups is 2. The predicted molar refractivity (Wildman–Crippen MR) is 73.6 cm³/mol. The molecule has 0 heterocycles. The molecule has 0 aliphatic carbocycles. The van der Waals surface area contributed by atoms with Gasteiger partial charge in [-0.3, -0.25) is 19.7 Å². The van der Waals surface area contributed by atoms with Crippen LogP contribution in [-0.2, 0) is 10.5 Å². The minimum Gasteiger partial charge on any atom is -0.366 e. The van der Waals surface area contributed by atoms with Gasteiger partial charge in [-0.2, -0.15) is 26.3 Å². The van der Waals surface area contributed by atoms with Crippen LogP contribution in [0.1, 0.15) is 15.9 Å². The molecular formula is C13H10F7N3O4. The molecule has 0 aliphatic heterocycles. The number of nitrogens with one attached hydrogen (secondary N) is 1. The third kappa shape index (κ3) is 3.04. The molecule has 0 radical (unpaired) electrons. The molecule has 0 saturated heterocycles. The van der Waals surface area contributed by atoms with Crippen LogP contribution < -0.4 is 11.1 Å². The standard InChI is InChI=1S/C13H10F7N3O4/c1-22-9(25)10(14,7-4-2-6(3-5-7)8(21)24)11(23(26)27,12(15,16)17)13(18,19)20/h2-5H,1H3,(H2,21,24)(H,22,25). The summed E-state index contributed by atoms with van der Waals surface area (Å²) in [4.78, 5) is 30.8. The van der Waals surface area contributed by atoms with E-state index in [0.717, 1.165) is 0 Å². The maximum atomic E-state index is 15.4. The number of benzene rings is 1. The van der Waals surface area contributed by atoms with Crippen molar-refractivity contribution in [3.05, 3.63) is 45.5 Å². The third-order valence-corrected chi connectivity index (χ3v) is 3.70. The van der Waals surface area contributed by atoms with Crippen molar-refractivity contribution in [2.45, 2.75) is 23.6 Å². The van der Waals surface area contributed by atoms with Crippen LogP contribution in [-0.4, -0.2) is 41.7 Å². The molecule has 0 fully saturated rings. The van der Waals surface area contributed by atoms with Crippen LogP contribution in [0.5, 0.6) is 0 Å². The van der Waals surface area contributed by atoms with Crippen LogP contribution >= 0.6 is 0 Å². The van der Waals surface area contributed by atoms with E-state index in [2.05, 4.69) is 0 Å². The van der Waals surface area contributed by atoms with E-state index in [-0.39, 0.29) is 12.1 Å². The number of halogens is 7. The minimum atomic E-state index is -6.88. The normalized spacial score (nSPS) is 15.0. The lowest BCUT2D eigenvalue weighted by atomic mass is 9.74. The van der Waals surface area contributed by atoms with E-state index < -0.39 is 51.4 Å². The molecule has 7 nitrogen and oxygen atoms in total. The lowest BCUT2D eigenvalue weighted by Crippen LogP contribution is -2.75. The summed E-state index contributed by atoms with van der Waals surface area (Å²) in [7, 11) is 0.492. The van der Waals surface area contributed by atoms with Gasteiger partial charge in [0.2, 0.25) is 5.91 Å². The van der Waals surface area contributed by atoms with Gasteiger partial charge in [0, 0.05) is 18.2 Å². The zero-order valence-corrected chi connectivity index (χ0v) is 13.1. The molecule has 0 bridgehead atoms. The van der Waals surface area contributed by atoms with Gasteiger partial charge in [0.1, 0.15) is 0 Å². The van der Waals surface area contributed by atoms with E-state index in [0.29, 0.717) is 19.2 Å². The Labute approximate surface area is 145 Å². The van der Waals surface area contributed by atoms with Crippen molar-refractivity contribution in [1.82, 2.24) is 5.32 Å². The Morgan fingerprint density at radius 2 is 1.41 bits per heavy atom. The molecule has 2 amide bonds. The fourth-order valence-electron chi connectivity index (χ4n) is 2.42. The number of hydrogen-bond donors (Lipinski definition) is 2. The summed E-state index contributed by atoms with van der Waals surface area (Å²) in [6, 6.07) is 1.44. The first-order chi connectivity index (χ1) is 12.1. The summed E-state index contributed by atoms with van der Waals surface area (Å²) in [6.45, 7) is 0. The quantitative estimate of drug-likeness (QED) is 0.442. The molecule has 1 aromatic rings. The van der Waals surface area contributed by atoms with E-state index in [9.17, 15) is 46.0 Å². The Morgan fingerprint density at radius 3 is 1.67 bits per heavy atom. The van der Waals surface area contributed by atoms with Gasteiger partial charge in [-0.05, 0) is 12.1 Å². The van der Waals surface area contributed by atoms with Crippen molar-refractivity contribution in [3.8, 4) is 0 Å². The lowest BCUT2D eigenvalue weighted by molar-refractivity contribution is -0.670. The van der Waals surface area contributed by atoms with Gasteiger partial charge in [0.25, 0.3) is 5.91 Å². The minimum absolute atomic E-state index is 0.199. The first kappa shape index (κ1) is 22.1. The van der Waals surface area contributed by atoms with E-state index in [1.807, 2.05) is 0 Å². The van der Waals surface area contributed by atoms with Crippen molar-refractivity contribution in [2.75, 3.05) is 7.05 Å². The second-order valence-corrected chi connectivity index (χ2v) is 5.14. The van der Waals surface area contributed by atoms with Gasteiger partial charge in [-0.15, -0.1) is 0 Å². The highest BCUT2D eigenvalue weighted by Crippen LogP contribution is 2.57. The van der Waals surface area contributed by atoms with Gasteiger partial charge < -0.3 is 11.1 Å². The topological polar surface area (TPSA) is 115 Å². The summed E-state index contributed by atoms with van der Waals surface area (Å²) in [5.74, 6) is -3.74. The van der Waals surface area contributed by atoms with Crippen LogP contribution in [0.2, 0.25) is 0 Å². The van der Waals surface area contributed by atoms with E-state index >= 15 is 4.39 Å². The number of hydrogen-bond acceptors (Lipinski definition) is 4. The number of alkyl halides is 7. The van der Waals surface area contributed by atoms with Crippen molar-refractivity contribution in [2.24, 2.45) is 5.73 Å². The molecular weight excluding hydrogens is 395 g/mol. The molecule has 1 unspecified atom stereocenters. The van der Waals surface area contributed by atoms with Gasteiger partial charge in [0.05, 0.1) is 4.92 Å². The second-order valence-electron chi connectivity index (χ2n) is 5.14. The zero-order valence-electron chi connectivity index (χ0n) is 13.1. The van der Waals surface area contributed by atoms with Gasteiger partial charge in [0.15, 0.2) is 0 Å². The molecule has 0 aromatic heterocycles. The smallest absolute Gasteiger partial charge is 0.366 e. The second kappa shape index (κ2) is 6.66. The number of nitro groups is 1. The fourth-order valence-corrected chi connectivity index (χ4v) is 2.42. The Kier molecular flexibility index (Phi) is 5.46. The van der Waals surface area contributed by atoms with Crippen molar-refractivity contribution < 1.29 is 45.2 Å². The van der Waals surface area contributed by atoms with Crippen LogP contribution in [0.3, 0.4) is 0 Å². The monoisotopic (exact) mass is 405 g/mol. The van der Waals surface area contributed by atoms with Gasteiger partial charge in [-0.25, -0.2) is 4.39 Å². The lowest BCUT2D eigenvalue weighted by Gasteiger charge is -2.38. The molecule has 1 atom stereocenters. The molecule has 0 aliphatic rings. The van der Waals surface area contributed by atoms with E-state index in [1.165, 1.54) is 5.32 Å². The van der Waals surface area contributed by atoms with Crippen LogP contribution in [0, 0.1) is 10.1 Å². The number of carbonyl (C=O) groups excluding carboxylic acids is 2. The average molecular weight is 405 g/mol. The highest BCUT2D eigenvalue weighted by molar-refractivity contribution is 5.93. The summed E-state index contributed by atoms with van der Waals surface area (Å²) in [5, 5.41) is 12.2. The van der Waals surface area contributed by atoms with Crippen molar-refractivity contribution in [1.29, 1.82) is 0 Å². The van der Waals surface area contributed by atoms with Crippen LogP contribution in [0.4, 0.5) is 30.7 Å². The molecule has 14 heteroatoms. The van der Waals surface area contributed by atoms with Gasteiger partial charge in [-0.1, -0.05) is 12.1 Å². The SMILES string of the molecule is CNC(=O)C(F)(c1ccc(C(N)=O)cc1)C([N+](=O)[O-])(C(F)(F)F)C(F)(F)F. The average Bonchev–Trinajstić information content (AvgIpc) is 2.51. The maximum Gasteiger partial charge on any atom is 0.475 e. The maximum absolute atomic E-state index is 15.4. The number of nitrogens with two attached hydrogens (primary N) is 1. The summed E-state index contributed by atoms with van der Waals surface area (Å²) >= 11 is 0. The Balaban J connectivity index is 4.05. The molecule has 150 valence electrons. The Morgan fingerprint density at radius 1 is 1.00 bits per heavy atom. The predicted octanol–water partition coefficient (Wildman–Crippen LogP) is 1.84. The van der Waals surface area contributed by atoms with Gasteiger partial charge >= 0.3 is 23.6 Å². The zero-order chi connectivity index (χ0) is 21.4. The molecule has 27 heavy (non-hydrogen) atoms. The number of amides is 2. The molecule has 0 spiro atoms. The fraction of sp³-hybridized carbons (Fsp3) is 0.385. The van der Waals surface area contributed by atoms with E-state index in [1.54, 1.807) is 0 Å². The summed E-state index contributed by atoms with van der Waals surface area (Å²) < 4.78 is 95.5. The van der Waals surface area contributed by atoms with Crippen LogP contribution in [0.25, 0.3) is 0 Å². The highest BCUT2D eigenvalue weighted by Gasteiger charge is 2.93. The van der Waals surface area contributed by atoms with Crippen molar-refractivity contribution in [3.63, 3.8) is 0 Å². The number of rotatable bonds is 5. The number of primary amides is 1. The Hall–Kier alpha value is -2.93. The summed E-state index contributed by atoms with van der Waals surface area (Å²) in [5.41, 5.74) is -8.86. The largest absolute Gasteiger partial charge is 0.475 e. The Bertz CT molecular complexity index is 747. The molecule has 1 aromatic carbocycles. The highest BCUT2D eigenvalue weighted by atomic mass is 19.4. The number of likely N-dealkylation sites (N-methyl/N-ethyl adjacent to an activating group) is 1. The molecule has 1 rings (SSSR count). The third-order valence-electron chi connectivity index (χ3n) is 3.70.